The fraction of sp³-hybridized carbons (Fsp3) is 0.133. The van der Waals surface area contributed by atoms with E-state index in [1.165, 1.54) is 19.2 Å². The molecular weight excluding hydrogens is 275 g/mol. The van der Waals surface area contributed by atoms with Gasteiger partial charge >= 0.3 is 0 Å². The zero-order chi connectivity index (χ0) is 15.2. The normalized spacial score (nSPS) is 11.2. The lowest BCUT2D eigenvalue weighted by molar-refractivity contribution is 0.303. The van der Waals surface area contributed by atoms with E-state index in [2.05, 4.69) is 5.16 Å². The Kier molecular flexibility index (Phi) is 4.61. The van der Waals surface area contributed by atoms with Crippen molar-refractivity contribution in [2.24, 2.45) is 10.9 Å². The fourth-order valence-corrected chi connectivity index (χ4v) is 1.73. The topological polar surface area (TPSA) is 77.1 Å². The molecule has 0 spiro atoms. The second-order valence-corrected chi connectivity index (χ2v) is 4.30. The summed E-state index contributed by atoms with van der Waals surface area (Å²) in [5, 5.41) is 11.7. The first-order chi connectivity index (χ1) is 10.1. The van der Waals surface area contributed by atoms with Gasteiger partial charge in [-0.15, -0.1) is 0 Å². The van der Waals surface area contributed by atoms with Crippen molar-refractivity contribution in [1.29, 1.82) is 0 Å². The van der Waals surface area contributed by atoms with E-state index >= 15 is 0 Å². The molecule has 0 heterocycles. The number of rotatable bonds is 5. The standard InChI is InChI=1S/C15H15FN2O3/c1-20-13-6-11(15(17)18-19)7-14(8-13)21-9-10-2-4-12(16)5-3-10/h2-8,19H,9H2,1H3,(H2,17,18). The molecule has 0 unspecified atom stereocenters. The van der Waals surface area contributed by atoms with E-state index in [1.807, 2.05) is 0 Å². The van der Waals surface area contributed by atoms with Crippen molar-refractivity contribution in [1.82, 2.24) is 0 Å². The van der Waals surface area contributed by atoms with Crippen LogP contribution in [0.2, 0.25) is 0 Å². The first-order valence-corrected chi connectivity index (χ1v) is 6.16. The average molecular weight is 290 g/mol. The molecule has 0 bridgehead atoms. The number of amidine groups is 1. The van der Waals surface area contributed by atoms with Gasteiger partial charge in [0.25, 0.3) is 0 Å². The van der Waals surface area contributed by atoms with Crippen LogP contribution in [0.15, 0.2) is 47.6 Å². The van der Waals surface area contributed by atoms with Crippen LogP contribution in [0.5, 0.6) is 11.5 Å². The monoisotopic (exact) mass is 290 g/mol. The van der Waals surface area contributed by atoms with Gasteiger partial charge in [-0.25, -0.2) is 4.39 Å². The quantitative estimate of drug-likeness (QED) is 0.384. The highest BCUT2D eigenvalue weighted by Crippen LogP contribution is 2.23. The summed E-state index contributed by atoms with van der Waals surface area (Å²) in [5.74, 6) is 0.684. The average Bonchev–Trinajstić information content (AvgIpc) is 2.53. The second kappa shape index (κ2) is 6.60. The van der Waals surface area contributed by atoms with E-state index in [4.69, 9.17) is 20.4 Å². The third-order valence-electron chi connectivity index (χ3n) is 2.84. The number of ether oxygens (including phenoxy) is 2. The Labute approximate surface area is 121 Å². The SMILES string of the molecule is COc1cc(OCc2ccc(F)cc2)cc(/C(N)=N/O)c1. The molecule has 2 aromatic rings. The first-order valence-electron chi connectivity index (χ1n) is 6.16. The molecule has 0 aliphatic heterocycles. The minimum Gasteiger partial charge on any atom is -0.497 e. The van der Waals surface area contributed by atoms with Crippen molar-refractivity contribution >= 4 is 5.84 Å². The molecule has 3 N–H and O–H groups in total. The van der Waals surface area contributed by atoms with Crippen molar-refractivity contribution in [2.45, 2.75) is 6.61 Å². The molecule has 0 radical (unpaired) electrons. The minimum absolute atomic E-state index is 0.0412. The van der Waals surface area contributed by atoms with Crippen LogP contribution in [0.4, 0.5) is 4.39 Å². The van der Waals surface area contributed by atoms with Crippen molar-refractivity contribution in [2.75, 3.05) is 7.11 Å². The lowest BCUT2D eigenvalue weighted by atomic mass is 10.2. The second-order valence-electron chi connectivity index (χ2n) is 4.30. The van der Waals surface area contributed by atoms with Crippen molar-refractivity contribution in [3.63, 3.8) is 0 Å². The Morgan fingerprint density at radius 3 is 2.48 bits per heavy atom. The molecule has 0 aromatic heterocycles. The highest BCUT2D eigenvalue weighted by atomic mass is 19.1. The maximum atomic E-state index is 12.8. The number of halogens is 1. The maximum absolute atomic E-state index is 12.8. The van der Waals surface area contributed by atoms with Crippen molar-refractivity contribution in [3.05, 3.63) is 59.4 Å². The molecule has 110 valence electrons. The van der Waals surface area contributed by atoms with Crippen LogP contribution in [0.3, 0.4) is 0 Å². The minimum atomic E-state index is -0.297. The number of methoxy groups -OCH3 is 1. The molecule has 0 amide bonds. The zero-order valence-electron chi connectivity index (χ0n) is 11.4. The predicted molar refractivity (Wildman–Crippen MR) is 76.2 cm³/mol. The highest BCUT2D eigenvalue weighted by molar-refractivity contribution is 5.97. The highest BCUT2D eigenvalue weighted by Gasteiger charge is 2.06. The van der Waals surface area contributed by atoms with Crippen LogP contribution in [0, 0.1) is 5.82 Å². The summed E-state index contributed by atoms with van der Waals surface area (Å²) < 4.78 is 23.6. The molecule has 0 aliphatic rings. The van der Waals surface area contributed by atoms with Crippen LogP contribution in [0.25, 0.3) is 0 Å². The van der Waals surface area contributed by atoms with E-state index < -0.39 is 0 Å². The van der Waals surface area contributed by atoms with Gasteiger partial charge in [0.2, 0.25) is 0 Å². The Morgan fingerprint density at radius 2 is 1.86 bits per heavy atom. The van der Waals surface area contributed by atoms with Gasteiger partial charge < -0.3 is 20.4 Å². The lowest BCUT2D eigenvalue weighted by Gasteiger charge is -2.10. The van der Waals surface area contributed by atoms with E-state index in [0.717, 1.165) is 5.56 Å². The summed E-state index contributed by atoms with van der Waals surface area (Å²) in [6.07, 6.45) is 0. The Bertz CT molecular complexity index is 642. The molecule has 0 atom stereocenters. The Morgan fingerprint density at radius 1 is 1.19 bits per heavy atom. The van der Waals surface area contributed by atoms with Gasteiger partial charge in [-0.1, -0.05) is 17.3 Å². The van der Waals surface area contributed by atoms with Gasteiger partial charge in [0.15, 0.2) is 5.84 Å². The summed E-state index contributed by atoms with van der Waals surface area (Å²) in [6.45, 7) is 0.267. The summed E-state index contributed by atoms with van der Waals surface area (Å²) in [7, 11) is 1.51. The van der Waals surface area contributed by atoms with Gasteiger partial charge in [0.05, 0.1) is 7.11 Å². The molecule has 6 heteroatoms. The lowest BCUT2D eigenvalue weighted by Crippen LogP contribution is -2.13. The summed E-state index contributed by atoms with van der Waals surface area (Å²) in [4.78, 5) is 0. The molecule has 5 nitrogen and oxygen atoms in total. The number of nitrogens with two attached hydrogens (primary N) is 1. The van der Waals surface area contributed by atoms with E-state index in [9.17, 15) is 4.39 Å². The van der Waals surface area contributed by atoms with Gasteiger partial charge in [-0.2, -0.15) is 0 Å². The molecule has 0 fully saturated rings. The summed E-state index contributed by atoms with van der Waals surface area (Å²) >= 11 is 0. The van der Waals surface area contributed by atoms with Crippen LogP contribution in [-0.2, 0) is 6.61 Å². The smallest absolute Gasteiger partial charge is 0.170 e. The first kappa shape index (κ1) is 14.6. The van der Waals surface area contributed by atoms with Crippen LogP contribution in [-0.4, -0.2) is 18.2 Å². The number of hydrogen-bond donors (Lipinski definition) is 2. The van der Waals surface area contributed by atoms with Crippen molar-refractivity contribution < 1.29 is 19.1 Å². The molecule has 21 heavy (non-hydrogen) atoms. The predicted octanol–water partition coefficient (Wildman–Crippen LogP) is 2.51. The molecule has 2 aromatic carbocycles. The van der Waals surface area contributed by atoms with Crippen LogP contribution in [0.1, 0.15) is 11.1 Å². The summed E-state index contributed by atoms with van der Waals surface area (Å²) in [5.41, 5.74) is 6.86. The zero-order valence-corrected chi connectivity index (χ0v) is 11.4. The molecule has 0 saturated carbocycles. The maximum Gasteiger partial charge on any atom is 0.170 e. The van der Waals surface area contributed by atoms with Gasteiger partial charge in [0, 0.05) is 11.6 Å². The van der Waals surface area contributed by atoms with Crippen molar-refractivity contribution in [3.8, 4) is 11.5 Å². The number of oxime groups is 1. The van der Waals surface area contributed by atoms with Gasteiger partial charge in [0.1, 0.15) is 23.9 Å². The fourth-order valence-electron chi connectivity index (χ4n) is 1.73. The van der Waals surface area contributed by atoms with E-state index in [-0.39, 0.29) is 18.3 Å². The van der Waals surface area contributed by atoms with E-state index in [1.54, 1.807) is 30.3 Å². The van der Waals surface area contributed by atoms with Gasteiger partial charge in [-0.05, 0) is 29.8 Å². The Balaban J connectivity index is 2.17. The molecule has 0 aliphatic carbocycles. The molecular formula is C15H15FN2O3. The van der Waals surface area contributed by atoms with Gasteiger partial charge in [-0.3, -0.25) is 0 Å². The third kappa shape index (κ3) is 3.85. The van der Waals surface area contributed by atoms with E-state index in [0.29, 0.717) is 17.1 Å². The van der Waals surface area contributed by atoms with Crippen LogP contribution >= 0.6 is 0 Å². The Hall–Kier alpha value is -2.76. The summed E-state index contributed by atoms with van der Waals surface area (Å²) in [6, 6.07) is 10.9. The number of hydrogen-bond acceptors (Lipinski definition) is 4. The molecule has 0 saturated heterocycles. The third-order valence-corrected chi connectivity index (χ3v) is 2.84. The van der Waals surface area contributed by atoms with Crippen LogP contribution < -0.4 is 15.2 Å². The number of benzene rings is 2. The molecule has 2 rings (SSSR count). The number of nitrogens with zero attached hydrogens (tertiary/aromatic N) is 1. The largest absolute Gasteiger partial charge is 0.497 e.